The summed E-state index contributed by atoms with van der Waals surface area (Å²) >= 11 is 0. The maximum atomic E-state index is 10.4. The second-order valence-corrected chi connectivity index (χ2v) is 5.05. The molecule has 0 fully saturated rings. The van der Waals surface area contributed by atoms with Crippen LogP contribution in [0.5, 0.6) is 11.5 Å². The van der Waals surface area contributed by atoms with Gasteiger partial charge in [0, 0.05) is 6.08 Å². The van der Waals surface area contributed by atoms with Gasteiger partial charge in [0.25, 0.3) is 0 Å². The molecule has 6 N–H and O–H groups in total. The van der Waals surface area contributed by atoms with Gasteiger partial charge in [0.2, 0.25) is 0 Å². The summed E-state index contributed by atoms with van der Waals surface area (Å²) in [5, 5.41) is 34.8. The van der Waals surface area contributed by atoms with Gasteiger partial charge in [-0.15, -0.1) is 0 Å². The summed E-state index contributed by atoms with van der Waals surface area (Å²) in [6.45, 7) is 0. The summed E-state index contributed by atoms with van der Waals surface area (Å²) < 4.78 is 0. The van der Waals surface area contributed by atoms with Crippen LogP contribution in [0.2, 0.25) is 0 Å². The van der Waals surface area contributed by atoms with Crippen molar-refractivity contribution in [2.45, 2.75) is 12.5 Å². The fourth-order valence-corrected chi connectivity index (χ4v) is 1.77. The van der Waals surface area contributed by atoms with Crippen molar-refractivity contribution >= 4 is 18.0 Å². The van der Waals surface area contributed by atoms with E-state index in [4.69, 9.17) is 26.2 Å². The first-order chi connectivity index (χ1) is 11.8. The van der Waals surface area contributed by atoms with Crippen LogP contribution in [-0.4, -0.2) is 38.4 Å². The van der Waals surface area contributed by atoms with Crippen LogP contribution < -0.4 is 5.73 Å². The summed E-state index contributed by atoms with van der Waals surface area (Å²) in [5.74, 6) is -2.52. The summed E-state index contributed by atoms with van der Waals surface area (Å²) in [6, 6.07) is 12.6. The molecule has 2 rings (SSSR count). The summed E-state index contributed by atoms with van der Waals surface area (Å²) in [7, 11) is 0. The third-order valence-electron chi connectivity index (χ3n) is 3.03. The molecule has 0 aliphatic rings. The number of rotatable bonds is 5. The maximum Gasteiger partial charge on any atom is 0.328 e. The van der Waals surface area contributed by atoms with E-state index in [9.17, 15) is 9.59 Å². The first kappa shape index (κ1) is 19.7. The molecule has 7 heteroatoms. The molecule has 0 saturated heterocycles. The Morgan fingerprint density at radius 3 is 2.16 bits per heavy atom. The highest BCUT2D eigenvalue weighted by Crippen LogP contribution is 2.25. The van der Waals surface area contributed by atoms with E-state index in [2.05, 4.69) is 0 Å². The average Bonchev–Trinajstić information content (AvgIpc) is 2.57. The van der Waals surface area contributed by atoms with Gasteiger partial charge in [0.15, 0.2) is 11.5 Å². The Morgan fingerprint density at radius 2 is 1.64 bits per heavy atom. The highest BCUT2D eigenvalue weighted by Gasteiger charge is 2.10. The van der Waals surface area contributed by atoms with Crippen molar-refractivity contribution in [1.29, 1.82) is 0 Å². The van der Waals surface area contributed by atoms with Crippen LogP contribution in [-0.2, 0) is 16.0 Å². The third-order valence-corrected chi connectivity index (χ3v) is 3.03. The largest absolute Gasteiger partial charge is 0.504 e. The van der Waals surface area contributed by atoms with E-state index in [0.717, 1.165) is 11.6 Å². The number of phenolic OH excluding ortho intramolecular Hbond substituents is 2. The van der Waals surface area contributed by atoms with E-state index in [-0.39, 0.29) is 11.5 Å². The van der Waals surface area contributed by atoms with Crippen LogP contribution in [0, 0.1) is 0 Å². The molecule has 25 heavy (non-hydrogen) atoms. The first-order valence-corrected chi connectivity index (χ1v) is 7.25. The standard InChI is InChI=1S/C9H11NO2.C9H8O4/c10-8(9(11)12)6-7-4-2-1-3-5-7;10-7-3-1-6(5-8(7)11)2-4-9(12)13/h1-5,8H,6,10H2,(H,11,12);1-5,10-11H,(H,12,13). The van der Waals surface area contributed by atoms with Gasteiger partial charge in [-0.3, -0.25) is 4.79 Å². The number of carbonyl (C=O) groups is 2. The Labute approximate surface area is 144 Å². The Bertz CT molecular complexity index is 742. The van der Waals surface area contributed by atoms with Gasteiger partial charge in [-0.05, 0) is 35.8 Å². The number of carboxylic acids is 2. The zero-order valence-corrected chi connectivity index (χ0v) is 13.2. The summed E-state index contributed by atoms with van der Waals surface area (Å²) in [6.07, 6.45) is 2.66. The van der Waals surface area contributed by atoms with Crippen LogP contribution in [0.1, 0.15) is 11.1 Å². The molecule has 2 aromatic carbocycles. The quantitative estimate of drug-likeness (QED) is 0.411. The molecule has 132 valence electrons. The Kier molecular flexibility index (Phi) is 7.68. The number of phenols is 2. The molecule has 0 saturated carbocycles. The summed E-state index contributed by atoms with van der Waals surface area (Å²) in [4.78, 5) is 20.5. The van der Waals surface area contributed by atoms with Gasteiger partial charge in [0.05, 0.1) is 0 Å². The van der Waals surface area contributed by atoms with E-state index in [1.165, 1.54) is 24.3 Å². The van der Waals surface area contributed by atoms with Crippen LogP contribution in [0.25, 0.3) is 6.08 Å². The fraction of sp³-hybridized carbons (Fsp3) is 0.111. The van der Waals surface area contributed by atoms with Gasteiger partial charge in [-0.2, -0.15) is 0 Å². The molecule has 1 atom stereocenters. The number of hydrogen-bond donors (Lipinski definition) is 5. The lowest BCUT2D eigenvalue weighted by Gasteiger charge is -2.04. The van der Waals surface area contributed by atoms with E-state index in [1.807, 2.05) is 30.3 Å². The predicted octanol–water partition coefficient (Wildman–Crippen LogP) is 1.84. The minimum Gasteiger partial charge on any atom is -0.504 e. The van der Waals surface area contributed by atoms with Gasteiger partial charge in [0.1, 0.15) is 6.04 Å². The molecule has 0 aliphatic carbocycles. The highest BCUT2D eigenvalue weighted by molar-refractivity contribution is 5.85. The van der Waals surface area contributed by atoms with Crippen LogP contribution >= 0.6 is 0 Å². The van der Waals surface area contributed by atoms with E-state index in [0.29, 0.717) is 12.0 Å². The molecule has 0 amide bonds. The van der Waals surface area contributed by atoms with Crippen LogP contribution in [0.15, 0.2) is 54.6 Å². The van der Waals surface area contributed by atoms with Crippen molar-refractivity contribution in [2.75, 3.05) is 0 Å². The fourth-order valence-electron chi connectivity index (χ4n) is 1.77. The van der Waals surface area contributed by atoms with Crippen molar-refractivity contribution in [3.63, 3.8) is 0 Å². The molecule has 0 bridgehead atoms. The second kappa shape index (κ2) is 9.74. The van der Waals surface area contributed by atoms with E-state index < -0.39 is 18.0 Å². The molecule has 7 nitrogen and oxygen atoms in total. The number of aliphatic carboxylic acids is 2. The molecule has 0 aromatic heterocycles. The van der Waals surface area contributed by atoms with Crippen LogP contribution in [0.3, 0.4) is 0 Å². The lowest BCUT2D eigenvalue weighted by atomic mass is 10.1. The zero-order valence-electron chi connectivity index (χ0n) is 13.2. The van der Waals surface area contributed by atoms with Crippen molar-refractivity contribution < 1.29 is 30.0 Å². The van der Waals surface area contributed by atoms with Crippen molar-refractivity contribution in [3.05, 3.63) is 65.7 Å². The predicted molar refractivity (Wildman–Crippen MR) is 92.2 cm³/mol. The van der Waals surface area contributed by atoms with Crippen LogP contribution in [0.4, 0.5) is 0 Å². The Morgan fingerprint density at radius 1 is 1.00 bits per heavy atom. The minimum atomic E-state index is -1.06. The highest BCUT2D eigenvalue weighted by atomic mass is 16.4. The van der Waals surface area contributed by atoms with Gasteiger partial charge >= 0.3 is 11.9 Å². The molecular formula is C18H19NO6. The molecule has 0 radical (unpaired) electrons. The second-order valence-electron chi connectivity index (χ2n) is 5.05. The first-order valence-electron chi connectivity index (χ1n) is 7.25. The molecule has 0 heterocycles. The molecule has 0 aliphatic heterocycles. The topological polar surface area (TPSA) is 141 Å². The van der Waals surface area contributed by atoms with Gasteiger partial charge in [-0.1, -0.05) is 36.4 Å². The van der Waals surface area contributed by atoms with E-state index >= 15 is 0 Å². The van der Waals surface area contributed by atoms with Gasteiger partial charge in [-0.25, -0.2) is 4.79 Å². The van der Waals surface area contributed by atoms with Crippen molar-refractivity contribution in [3.8, 4) is 11.5 Å². The third kappa shape index (κ3) is 7.67. The molecular weight excluding hydrogens is 326 g/mol. The number of hydrogen-bond acceptors (Lipinski definition) is 5. The van der Waals surface area contributed by atoms with Crippen molar-refractivity contribution in [2.24, 2.45) is 5.73 Å². The lowest BCUT2D eigenvalue weighted by molar-refractivity contribution is -0.138. The average molecular weight is 345 g/mol. The van der Waals surface area contributed by atoms with Crippen molar-refractivity contribution in [1.82, 2.24) is 0 Å². The number of aromatic hydroxyl groups is 2. The molecule has 1 unspecified atom stereocenters. The van der Waals surface area contributed by atoms with Gasteiger partial charge < -0.3 is 26.2 Å². The number of nitrogens with two attached hydrogens (primary N) is 1. The smallest absolute Gasteiger partial charge is 0.328 e. The SMILES string of the molecule is NC(Cc1ccccc1)C(=O)O.O=C(O)C=Cc1ccc(O)c(O)c1. The summed E-state index contributed by atoms with van der Waals surface area (Å²) in [5.41, 5.74) is 6.81. The Hall–Kier alpha value is -3.32. The minimum absolute atomic E-state index is 0.229. The normalized spacial score (nSPS) is 11.4. The van der Waals surface area contributed by atoms with E-state index in [1.54, 1.807) is 0 Å². The lowest BCUT2D eigenvalue weighted by Crippen LogP contribution is -2.32. The number of benzene rings is 2. The zero-order chi connectivity index (χ0) is 18.8. The number of carboxylic acid groups (broad SMARTS) is 2. The molecule has 2 aromatic rings. The maximum absolute atomic E-state index is 10.4. The molecule has 0 spiro atoms. The monoisotopic (exact) mass is 345 g/mol. The Balaban J connectivity index is 0.000000251.